The Morgan fingerprint density at radius 2 is 2.21 bits per heavy atom. The molecule has 3 nitrogen and oxygen atoms in total. The summed E-state index contributed by atoms with van der Waals surface area (Å²) >= 11 is 5.87. The van der Waals surface area contributed by atoms with Crippen LogP contribution < -0.4 is 5.73 Å². The lowest BCUT2D eigenvalue weighted by Gasteiger charge is -2.06. The Bertz CT molecular complexity index is 323. The van der Waals surface area contributed by atoms with Crippen molar-refractivity contribution in [2.75, 3.05) is 18.1 Å². The zero-order valence-electron chi connectivity index (χ0n) is 7.57. The fourth-order valence-corrected chi connectivity index (χ4v) is 2.72. The molecule has 14 heavy (non-hydrogen) atoms. The monoisotopic (exact) mass is 233 g/mol. The number of nitrogens with two attached hydrogens (primary N) is 1. The number of hydrogen-bond donors (Lipinski definition) is 2. The number of hydrogen-bond acceptors (Lipinski definition) is 3. The van der Waals surface area contributed by atoms with E-state index in [1.165, 1.54) is 0 Å². The average molecular weight is 234 g/mol. The lowest BCUT2D eigenvalue weighted by Crippen LogP contribution is -2.04. The highest BCUT2D eigenvalue weighted by Gasteiger charge is 2.11. The number of aliphatic hydroxyl groups is 1. The van der Waals surface area contributed by atoms with Crippen LogP contribution in [0.1, 0.15) is 6.42 Å². The number of rotatable bonds is 4. The van der Waals surface area contributed by atoms with Crippen LogP contribution in [0.5, 0.6) is 0 Å². The van der Waals surface area contributed by atoms with E-state index in [-0.39, 0.29) is 6.61 Å². The van der Waals surface area contributed by atoms with Crippen molar-refractivity contribution in [1.82, 2.24) is 0 Å². The fraction of sp³-hybridized carbons (Fsp3) is 0.333. The van der Waals surface area contributed by atoms with E-state index < -0.39 is 10.8 Å². The predicted molar refractivity (Wildman–Crippen MR) is 58.8 cm³/mol. The highest BCUT2D eigenvalue weighted by Crippen LogP contribution is 2.25. The van der Waals surface area contributed by atoms with Gasteiger partial charge in [-0.25, -0.2) is 0 Å². The van der Waals surface area contributed by atoms with Gasteiger partial charge in [-0.05, 0) is 18.6 Å². The number of anilines is 1. The highest BCUT2D eigenvalue weighted by atomic mass is 35.5. The van der Waals surface area contributed by atoms with E-state index in [9.17, 15) is 4.21 Å². The Balaban J connectivity index is 2.89. The van der Waals surface area contributed by atoms with Crippen LogP contribution in [0.4, 0.5) is 5.69 Å². The van der Waals surface area contributed by atoms with Gasteiger partial charge in [0, 0.05) is 18.0 Å². The average Bonchev–Trinajstić information content (AvgIpc) is 2.14. The third kappa shape index (κ3) is 2.70. The summed E-state index contributed by atoms with van der Waals surface area (Å²) in [6, 6.07) is 5.03. The molecule has 1 aromatic rings. The number of benzene rings is 1. The predicted octanol–water partition coefficient (Wildman–Crippen LogP) is 1.41. The van der Waals surface area contributed by atoms with Crippen molar-refractivity contribution in [3.63, 3.8) is 0 Å². The van der Waals surface area contributed by atoms with Gasteiger partial charge in [0.2, 0.25) is 0 Å². The van der Waals surface area contributed by atoms with Crippen molar-refractivity contribution >= 4 is 28.1 Å². The summed E-state index contributed by atoms with van der Waals surface area (Å²) in [5, 5.41) is 9.02. The van der Waals surface area contributed by atoms with Gasteiger partial charge in [0.05, 0.1) is 20.7 Å². The summed E-state index contributed by atoms with van der Waals surface area (Å²) in [4.78, 5) is 0.475. The summed E-state index contributed by atoms with van der Waals surface area (Å²) in [5.41, 5.74) is 6.09. The van der Waals surface area contributed by atoms with Crippen LogP contribution >= 0.6 is 11.6 Å². The maximum Gasteiger partial charge on any atom is 0.0803 e. The Kier molecular flexibility index (Phi) is 4.38. The maximum atomic E-state index is 11.7. The van der Waals surface area contributed by atoms with Crippen LogP contribution in [-0.4, -0.2) is 21.7 Å². The van der Waals surface area contributed by atoms with Crippen LogP contribution in [0.3, 0.4) is 0 Å². The molecule has 0 aliphatic rings. The normalized spacial score (nSPS) is 12.7. The third-order valence-electron chi connectivity index (χ3n) is 1.71. The van der Waals surface area contributed by atoms with Gasteiger partial charge < -0.3 is 10.8 Å². The van der Waals surface area contributed by atoms with E-state index in [0.29, 0.717) is 27.8 Å². The first-order valence-electron chi connectivity index (χ1n) is 4.20. The van der Waals surface area contributed by atoms with E-state index in [1.54, 1.807) is 18.2 Å². The van der Waals surface area contributed by atoms with E-state index in [4.69, 9.17) is 22.4 Å². The molecular formula is C9H12ClNO2S. The summed E-state index contributed by atoms with van der Waals surface area (Å²) in [6.07, 6.45) is 0.483. The number of halogens is 1. The lowest BCUT2D eigenvalue weighted by molar-refractivity contribution is 0.296. The molecule has 0 saturated carbocycles. The Labute approximate surface area is 90.3 Å². The van der Waals surface area contributed by atoms with E-state index in [2.05, 4.69) is 0 Å². The molecule has 0 spiro atoms. The third-order valence-corrected chi connectivity index (χ3v) is 3.71. The smallest absolute Gasteiger partial charge is 0.0803 e. The molecule has 1 unspecified atom stereocenters. The van der Waals surface area contributed by atoms with E-state index >= 15 is 0 Å². The molecule has 0 aromatic heterocycles. The summed E-state index contributed by atoms with van der Waals surface area (Å²) in [5.74, 6) is 0.379. The van der Waals surface area contributed by atoms with Crippen LogP contribution in [0.2, 0.25) is 5.02 Å². The topological polar surface area (TPSA) is 63.3 Å². The minimum Gasteiger partial charge on any atom is -0.398 e. The Morgan fingerprint density at radius 1 is 1.50 bits per heavy atom. The van der Waals surface area contributed by atoms with Crippen molar-refractivity contribution in [2.24, 2.45) is 0 Å². The molecule has 0 aliphatic heterocycles. The molecule has 0 bridgehead atoms. The van der Waals surface area contributed by atoms with Crippen molar-refractivity contribution in [3.05, 3.63) is 23.2 Å². The van der Waals surface area contributed by atoms with Crippen molar-refractivity contribution in [3.8, 4) is 0 Å². The summed E-state index contributed by atoms with van der Waals surface area (Å²) < 4.78 is 11.7. The highest BCUT2D eigenvalue weighted by molar-refractivity contribution is 7.85. The summed E-state index contributed by atoms with van der Waals surface area (Å²) in [7, 11) is -1.22. The van der Waals surface area contributed by atoms with Gasteiger partial charge in [0.25, 0.3) is 0 Å². The second-order valence-electron chi connectivity index (χ2n) is 2.78. The fourth-order valence-electron chi connectivity index (χ4n) is 1.06. The first-order chi connectivity index (χ1) is 6.66. The molecule has 0 saturated heterocycles. The molecule has 3 N–H and O–H groups in total. The first kappa shape index (κ1) is 11.5. The van der Waals surface area contributed by atoms with Crippen LogP contribution in [0.15, 0.2) is 23.1 Å². The molecule has 0 fully saturated rings. The van der Waals surface area contributed by atoms with Crippen LogP contribution in [0.25, 0.3) is 0 Å². The van der Waals surface area contributed by atoms with Crippen molar-refractivity contribution in [1.29, 1.82) is 0 Å². The second kappa shape index (κ2) is 5.34. The van der Waals surface area contributed by atoms with Gasteiger partial charge in [0.15, 0.2) is 0 Å². The van der Waals surface area contributed by atoms with Gasteiger partial charge in [-0.15, -0.1) is 0 Å². The quantitative estimate of drug-likeness (QED) is 0.773. The molecule has 1 atom stereocenters. The summed E-state index contributed by atoms with van der Waals surface area (Å²) in [6.45, 7) is 0.0239. The van der Waals surface area contributed by atoms with Gasteiger partial charge in [-0.1, -0.05) is 17.7 Å². The number of nitrogen functional groups attached to an aromatic ring is 1. The Hall–Kier alpha value is -0.580. The second-order valence-corrected chi connectivity index (χ2v) is 4.70. The zero-order valence-corrected chi connectivity index (χ0v) is 9.14. The van der Waals surface area contributed by atoms with Gasteiger partial charge in [0.1, 0.15) is 0 Å². The van der Waals surface area contributed by atoms with Gasteiger partial charge in [-0.3, -0.25) is 4.21 Å². The molecule has 5 heteroatoms. The van der Waals surface area contributed by atoms with Gasteiger partial charge in [-0.2, -0.15) is 0 Å². The molecule has 0 heterocycles. The molecule has 0 amide bonds. The molecular weight excluding hydrogens is 222 g/mol. The SMILES string of the molecule is Nc1cccc(Cl)c1S(=O)CCCO. The van der Waals surface area contributed by atoms with Crippen molar-refractivity contribution < 1.29 is 9.32 Å². The van der Waals surface area contributed by atoms with E-state index in [0.717, 1.165) is 0 Å². The van der Waals surface area contributed by atoms with Crippen LogP contribution in [0, 0.1) is 0 Å². The molecule has 1 aromatic carbocycles. The minimum atomic E-state index is -1.22. The molecule has 0 aliphatic carbocycles. The zero-order chi connectivity index (χ0) is 10.6. The molecule has 1 rings (SSSR count). The van der Waals surface area contributed by atoms with Gasteiger partial charge >= 0.3 is 0 Å². The maximum absolute atomic E-state index is 11.7. The van der Waals surface area contributed by atoms with Crippen molar-refractivity contribution in [2.45, 2.75) is 11.3 Å². The largest absolute Gasteiger partial charge is 0.398 e. The lowest BCUT2D eigenvalue weighted by atomic mass is 10.3. The Morgan fingerprint density at radius 3 is 2.79 bits per heavy atom. The minimum absolute atomic E-state index is 0.0239. The number of aliphatic hydroxyl groups excluding tert-OH is 1. The van der Waals surface area contributed by atoms with E-state index in [1.807, 2.05) is 0 Å². The first-order valence-corrected chi connectivity index (χ1v) is 5.89. The molecule has 0 radical (unpaired) electrons. The standard InChI is InChI=1S/C9H12ClNO2S/c10-7-3-1-4-8(11)9(7)14(13)6-2-5-12/h1,3-4,12H,2,5-6,11H2. The molecule has 78 valence electrons. The van der Waals surface area contributed by atoms with Crippen LogP contribution in [-0.2, 0) is 10.8 Å².